The predicted molar refractivity (Wildman–Crippen MR) is 120 cm³/mol. The summed E-state index contributed by atoms with van der Waals surface area (Å²) in [5.74, 6) is -0.285. The number of hydrogen-bond acceptors (Lipinski definition) is 6. The lowest BCUT2D eigenvalue weighted by Crippen LogP contribution is -2.43. The number of methoxy groups -OCH3 is 1. The number of pyridine rings is 1. The van der Waals surface area contributed by atoms with Crippen LogP contribution < -0.4 is 9.64 Å². The Bertz CT molecular complexity index is 1440. The maximum Gasteiger partial charge on any atom is 0.501 e. The summed E-state index contributed by atoms with van der Waals surface area (Å²) >= 11 is 0. The van der Waals surface area contributed by atoms with E-state index in [1.165, 1.54) is 12.0 Å². The van der Waals surface area contributed by atoms with Crippen LogP contribution in [0.5, 0.6) is 5.88 Å². The molecule has 1 aliphatic heterocycles. The number of rotatable bonds is 5. The molecule has 3 amide bonds. The second-order valence-electron chi connectivity index (χ2n) is 8.35. The van der Waals surface area contributed by atoms with Crippen molar-refractivity contribution in [2.45, 2.75) is 36.3 Å². The minimum Gasteiger partial charge on any atom is -0.481 e. The molecule has 8 nitrogen and oxygen atoms in total. The minimum absolute atomic E-state index is 0.0218. The highest BCUT2D eigenvalue weighted by atomic mass is 32.2. The normalized spacial score (nSPS) is 16.3. The first-order valence-electron chi connectivity index (χ1n) is 10.3. The molecule has 0 spiro atoms. The fourth-order valence-electron chi connectivity index (χ4n) is 3.86. The van der Waals surface area contributed by atoms with Gasteiger partial charge in [0, 0.05) is 18.0 Å². The zero-order valence-electron chi connectivity index (χ0n) is 18.8. The average Bonchev–Trinajstić information content (AvgIpc) is 2.97. The first-order valence-corrected chi connectivity index (χ1v) is 11.8. The third-order valence-electron chi connectivity index (χ3n) is 5.85. The Morgan fingerprint density at radius 1 is 1.03 bits per heavy atom. The SMILES string of the molecule is COc1cc(CN2C(=O)N(c3ccc(S(=O)(=O)C(F)(F)F)cc3)C(=O)C2(C)C)c2ccccc2n1. The van der Waals surface area contributed by atoms with Gasteiger partial charge in [-0.05, 0) is 49.7 Å². The maximum absolute atomic E-state index is 13.4. The first kappa shape index (κ1) is 24.5. The van der Waals surface area contributed by atoms with Crippen molar-refractivity contribution in [3.05, 3.63) is 60.2 Å². The molecule has 2 heterocycles. The lowest BCUT2D eigenvalue weighted by molar-refractivity contribution is -0.123. The Balaban J connectivity index is 1.71. The molecule has 1 saturated heterocycles. The van der Waals surface area contributed by atoms with Crippen LogP contribution in [0.3, 0.4) is 0 Å². The van der Waals surface area contributed by atoms with Gasteiger partial charge in [-0.1, -0.05) is 18.2 Å². The van der Waals surface area contributed by atoms with E-state index < -0.39 is 37.7 Å². The summed E-state index contributed by atoms with van der Waals surface area (Å²) in [6.07, 6.45) is 0. The second-order valence-corrected chi connectivity index (χ2v) is 10.3. The smallest absolute Gasteiger partial charge is 0.481 e. The molecule has 35 heavy (non-hydrogen) atoms. The summed E-state index contributed by atoms with van der Waals surface area (Å²) in [5, 5.41) is 0.754. The van der Waals surface area contributed by atoms with Gasteiger partial charge in [0.1, 0.15) is 5.54 Å². The number of sulfone groups is 1. The molecule has 4 rings (SSSR count). The van der Waals surface area contributed by atoms with Gasteiger partial charge in [0.2, 0.25) is 5.88 Å². The number of anilines is 1. The van der Waals surface area contributed by atoms with Crippen molar-refractivity contribution < 1.29 is 35.9 Å². The van der Waals surface area contributed by atoms with Gasteiger partial charge >= 0.3 is 11.5 Å². The van der Waals surface area contributed by atoms with Crippen molar-refractivity contribution in [1.29, 1.82) is 0 Å². The summed E-state index contributed by atoms with van der Waals surface area (Å²) in [6.45, 7) is 3.13. The number of imide groups is 1. The van der Waals surface area contributed by atoms with Crippen molar-refractivity contribution in [1.82, 2.24) is 9.88 Å². The van der Waals surface area contributed by atoms with E-state index in [1.807, 2.05) is 12.1 Å². The number of benzene rings is 2. The van der Waals surface area contributed by atoms with Crippen molar-refractivity contribution >= 4 is 38.4 Å². The van der Waals surface area contributed by atoms with Crippen LogP contribution in [0.25, 0.3) is 10.9 Å². The van der Waals surface area contributed by atoms with Crippen molar-refractivity contribution in [2.24, 2.45) is 0 Å². The summed E-state index contributed by atoms with van der Waals surface area (Å²) < 4.78 is 67.1. The van der Waals surface area contributed by atoms with E-state index in [0.717, 1.165) is 34.6 Å². The number of ether oxygens (including phenoxy) is 1. The molecule has 1 aromatic heterocycles. The predicted octanol–water partition coefficient (Wildman–Crippen LogP) is 4.28. The van der Waals surface area contributed by atoms with E-state index in [0.29, 0.717) is 17.0 Å². The number of halogens is 3. The molecule has 184 valence electrons. The highest BCUT2D eigenvalue weighted by molar-refractivity contribution is 7.92. The molecule has 0 aliphatic carbocycles. The molecule has 0 bridgehead atoms. The van der Waals surface area contributed by atoms with Crippen LogP contribution in [0.1, 0.15) is 19.4 Å². The largest absolute Gasteiger partial charge is 0.501 e. The molecule has 2 aromatic carbocycles. The number of aromatic nitrogens is 1. The molecular formula is C23H20F3N3O5S. The highest BCUT2D eigenvalue weighted by Gasteiger charge is 2.52. The van der Waals surface area contributed by atoms with Gasteiger partial charge in [0.05, 0.1) is 23.2 Å². The Kier molecular flexibility index (Phi) is 5.75. The van der Waals surface area contributed by atoms with Crippen molar-refractivity contribution in [2.75, 3.05) is 12.0 Å². The van der Waals surface area contributed by atoms with Gasteiger partial charge in [-0.15, -0.1) is 0 Å². The Morgan fingerprint density at radius 2 is 1.66 bits per heavy atom. The number of carbonyl (C=O) groups is 2. The third kappa shape index (κ3) is 3.97. The fraction of sp³-hybridized carbons (Fsp3) is 0.261. The van der Waals surface area contributed by atoms with Crippen LogP contribution in [-0.2, 0) is 21.2 Å². The minimum atomic E-state index is -5.56. The van der Waals surface area contributed by atoms with Gasteiger partial charge in [-0.25, -0.2) is 23.1 Å². The van der Waals surface area contributed by atoms with E-state index in [4.69, 9.17) is 4.74 Å². The van der Waals surface area contributed by atoms with Gasteiger partial charge in [0.15, 0.2) is 0 Å². The summed E-state index contributed by atoms with van der Waals surface area (Å²) in [4.78, 5) is 32.1. The topological polar surface area (TPSA) is 96.9 Å². The molecule has 0 saturated carbocycles. The molecule has 3 aromatic rings. The zero-order valence-corrected chi connectivity index (χ0v) is 19.6. The molecule has 0 radical (unpaired) electrons. The monoisotopic (exact) mass is 507 g/mol. The van der Waals surface area contributed by atoms with Gasteiger partial charge in [-0.3, -0.25) is 4.79 Å². The number of hydrogen-bond donors (Lipinski definition) is 0. The number of urea groups is 1. The van der Waals surface area contributed by atoms with Crippen LogP contribution in [0.4, 0.5) is 23.7 Å². The molecule has 1 aliphatic rings. The van der Waals surface area contributed by atoms with Crippen LogP contribution in [0.15, 0.2) is 59.5 Å². The Labute approximate surface area is 198 Å². The number of nitrogens with zero attached hydrogens (tertiary/aromatic N) is 3. The van der Waals surface area contributed by atoms with E-state index in [-0.39, 0.29) is 12.2 Å². The zero-order chi connectivity index (χ0) is 25.8. The van der Waals surface area contributed by atoms with Crippen LogP contribution >= 0.6 is 0 Å². The van der Waals surface area contributed by atoms with Crippen LogP contribution in [0.2, 0.25) is 0 Å². The Hall–Kier alpha value is -3.67. The first-order chi connectivity index (χ1) is 16.3. The van der Waals surface area contributed by atoms with Gasteiger partial charge in [0.25, 0.3) is 15.7 Å². The number of carbonyl (C=O) groups excluding carboxylic acids is 2. The van der Waals surface area contributed by atoms with Crippen molar-refractivity contribution in [3.8, 4) is 5.88 Å². The van der Waals surface area contributed by atoms with Gasteiger partial charge in [-0.2, -0.15) is 13.2 Å². The Morgan fingerprint density at radius 3 is 2.26 bits per heavy atom. The summed E-state index contributed by atoms with van der Waals surface area (Å²) in [6, 6.07) is 11.6. The molecule has 12 heteroatoms. The fourth-order valence-corrected chi connectivity index (χ4v) is 4.62. The van der Waals surface area contributed by atoms with Crippen molar-refractivity contribution in [3.63, 3.8) is 0 Å². The van der Waals surface area contributed by atoms with Crippen LogP contribution in [0, 0.1) is 0 Å². The lowest BCUT2D eigenvalue weighted by atomic mass is 10.0. The summed E-state index contributed by atoms with van der Waals surface area (Å²) in [5.41, 5.74) is -5.51. The number of para-hydroxylation sites is 1. The van der Waals surface area contributed by atoms with Crippen LogP contribution in [-0.4, -0.2) is 48.4 Å². The standard InChI is InChI=1S/C23H20F3N3O5S/c1-22(2)20(30)29(15-8-10-16(11-9-15)35(32,33)23(24,25)26)21(31)28(22)13-14-12-19(34-3)27-18-7-5-4-6-17(14)18/h4-12H,13H2,1-3H3. The lowest BCUT2D eigenvalue weighted by Gasteiger charge is -2.28. The van der Waals surface area contributed by atoms with E-state index >= 15 is 0 Å². The third-order valence-corrected chi connectivity index (χ3v) is 7.35. The molecule has 0 unspecified atom stereocenters. The molecule has 1 fully saturated rings. The highest BCUT2D eigenvalue weighted by Crippen LogP contribution is 2.36. The molecule has 0 N–H and O–H groups in total. The van der Waals surface area contributed by atoms with Gasteiger partial charge < -0.3 is 9.64 Å². The summed E-state index contributed by atoms with van der Waals surface area (Å²) in [7, 11) is -4.10. The average molecular weight is 507 g/mol. The molecular weight excluding hydrogens is 487 g/mol. The quantitative estimate of drug-likeness (QED) is 0.478. The number of amides is 3. The van der Waals surface area contributed by atoms with E-state index in [2.05, 4.69) is 4.98 Å². The number of alkyl halides is 3. The molecule has 0 atom stereocenters. The number of fused-ring (bicyclic) bond motifs is 1. The van der Waals surface area contributed by atoms with E-state index in [9.17, 15) is 31.2 Å². The van der Waals surface area contributed by atoms with E-state index in [1.54, 1.807) is 32.0 Å². The second kappa shape index (κ2) is 8.22. The maximum atomic E-state index is 13.4.